The van der Waals surface area contributed by atoms with E-state index in [2.05, 4.69) is 29.4 Å². The van der Waals surface area contributed by atoms with E-state index in [-0.39, 0.29) is 6.10 Å². The predicted molar refractivity (Wildman–Crippen MR) is 118 cm³/mol. The van der Waals surface area contributed by atoms with Gasteiger partial charge in [-0.3, -0.25) is 0 Å². The molecule has 0 aromatic heterocycles. The molecule has 6 heteroatoms. The summed E-state index contributed by atoms with van der Waals surface area (Å²) in [6.07, 6.45) is 13.6. The molecule has 0 aliphatic carbocycles. The second-order valence-corrected chi connectivity index (χ2v) is 9.22. The zero-order chi connectivity index (χ0) is 17.9. The molecule has 3 nitrogen and oxygen atoms in total. The molecular formula is C18H40N2OS3. The molecule has 0 amide bonds. The highest BCUT2D eigenvalue weighted by atomic mass is 32.2. The first-order chi connectivity index (χ1) is 11.7. The van der Waals surface area contributed by atoms with Gasteiger partial charge in [0.25, 0.3) is 0 Å². The maximum atomic E-state index is 10.1. The van der Waals surface area contributed by atoms with Gasteiger partial charge in [0.2, 0.25) is 0 Å². The molecule has 0 rings (SSSR count). The van der Waals surface area contributed by atoms with Gasteiger partial charge in [-0.1, -0.05) is 19.3 Å². The van der Waals surface area contributed by atoms with Gasteiger partial charge in [0.15, 0.2) is 0 Å². The number of aliphatic hydroxyl groups is 1. The highest BCUT2D eigenvalue weighted by Crippen LogP contribution is 2.20. The maximum Gasteiger partial charge on any atom is 0.0633 e. The summed E-state index contributed by atoms with van der Waals surface area (Å²) in [5, 5.41) is 17.2. The van der Waals surface area contributed by atoms with Gasteiger partial charge >= 0.3 is 0 Å². The van der Waals surface area contributed by atoms with Crippen molar-refractivity contribution in [3.63, 3.8) is 0 Å². The van der Waals surface area contributed by atoms with E-state index in [1.54, 1.807) is 11.8 Å². The van der Waals surface area contributed by atoms with E-state index in [1.165, 1.54) is 43.6 Å². The van der Waals surface area contributed by atoms with Crippen molar-refractivity contribution in [3.05, 3.63) is 0 Å². The summed E-state index contributed by atoms with van der Waals surface area (Å²) in [7, 11) is 0. The fourth-order valence-corrected chi connectivity index (χ4v) is 4.01. The smallest absolute Gasteiger partial charge is 0.0633 e. The van der Waals surface area contributed by atoms with Crippen LogP contribution < -0.4 is 10.6 Å². The quantitative estimate of drug-likeness (QED) is 0.290. The minimum absolute atomic E-state index is 0.135. The van der Waals surface area contributed by atoms with Crippen LogP contribution in [0.1, 0.15) is 38.5 Å². The van der Waals surface area contributed by atoms with Gasteiger partial charge in [0.1, 0.15) is 0 Å². The average Bonchev–Trinajstić information content (AvgIpc) is 2.57. The monoisotopic (exact) mass is 396 g/mol. The second kappa shape index (κ2) is 20.2. The van der Waals surface area contributed by atoms with Gasteiger partial charge in [-0.2, -0.15) is 35.3 Å². The Morgan fingerprint density at radius 2 is 1.42 bits per heavy atom. The Bertz CT molecular complexity index is 248. The van der Waals surface area contributed by atoms with Gasteiger partial charge in [0, 0.05) is 30.3 Å². The SMILES string of the molecule is CSCCNCCCCCC(CCNCCSC)CC(O)CSC. The number of aliphatic hydroxyl groups excluding tert-OH is 1. The van der Waals surface area contributed by atoms with Crippen molar-refractivity contribution in [1.29, 1.82) is 0 Å². The molecule has 0 aliphatic heterocycles. The van der Waals surface area contributed by atoms with Crippen molar-refractivity contribution < 1.29 is 5.11 Å². The number of nitrogens with one attached hydrogen (secondary N) is 2. The lowest BCUT2D eigenvalue weighted by atomic mass is 9.92. The molecule has 0 aliphatic rings. The first kappa shape index (κ1) is 24.9. The predicted octanol–water partition coefficient (Wildman–Crippen LogP) is 3.57. The summed E-state index contributed by atoms with van der Waals surface area (Å²) in [6.45, 7) is 4.47. The van der Waals surface area contributed by atoms with Gasteiger partial charge in [-0.05, 0) is 57.0 Å². The van der Waals surface area contributed by atoms with E-state index in [0.29, 0.717) is 5.92 Å². The molecular weight excluding hydrogens is 356 g/mol. The second-order valence-electron chi connectivity index (χ2n) is 6.33. The van der Waals surface area contributed by atoms with Crippen LogP contribution in [0.15, 0.2) is 0 Å². The molecule has 0 spiro atoms. The highest BCUT2D eigenvalue weighted by molar-refractivity contribution is 7.99. The Balaban J connectivity index is 3.80. The summed E-state index contributed by atoms with van der Waals surface area (Å²) >= 11 is 5.54. The van der Waals surface area contributed by atoms with Crippen LogP contribution >= 0.6 is 35.3 Å². The Kier molecular flexibility index (Phi) is 21.0. The fraction of sp³-hybridized carbons (Fsp3) is 1.00. The van der Waals surface area contributed by atoms with Crippen molar-refractivity contribution in [2.24, 2.45) is 5.92 Å². The van der Waals surface area contributed by atoms with Crippen LogP contribution in [0.2, 0.25) is 0 Å². The zero-order valence-corrected chi connectivity index (χ0v) is 18.5. The highest BCUT2D eigenvalue weighted by Gasteiger charge is 2.14. The Labute approximate surface area is 163 Å². The molecule has 2 unspecified atom stereocenters. The Morgan fingerprint density at radius 1 is 0.750 bits per heavy atom. The lowest BCUT2D eigenvalue weighted by molar-refractivity contribution is 0.157. The van der Waals surface area contributed by atoms with Gasteiger partial charge < -0.3 is 15.7 Å². The molecule has 0 fully saturated rings. The van der Waals surface area contributed by atoms with Crippen molar-refractivity contribution >= 4 is 35.3 Å². The number of rotatable bonds is 19. The molecule has 0 heterocycles. The molecule has 0 saturated heterocycles. The fourth-order valence-electron chi connectivity index (χ4n) is 2.79. The zero-order valence-electron chi connectivity index (χ0n) is 16.0. The van der Waals surface area contributed by atoms with Crippen molar-refractivity contribution in [3.8, 4) is 0 Å². The van der Waals surface area contributed by atoms with E-state index in [1.807, 2.05) is 23.5 Å². The third-order valence-corrected chi connectivity index (χ3v) is 6.07. The van der Waals surface area contributed by atoms with Crippen LogP contribution in [0.4, 0.5) is 0 Å². The number of unbranched alkanes of at least 4 members (excludes halogenated alkanes) is 2. The average molecular weight is 397 g/mol. The molecule has 2 atom stereocenters. The van der Waals surface area contributed by atoms with E-state index < -0.39 is 0 Å². The van der Waals surface area contributed by atoms with Crippen LogP contribution in [-0.2, 0) is 0 Å². The van der Waals surface area contributed by atoms with E-state index in [4.69, 9.17) is 0 Å². The minimum atomic E-state index is -0.135. The molecule has 3 N–H and O–H groups in total. The number of thioether (sulfide) groups is 3. The lowest BCUT2D eigenvalue weighted by Crippen LogP contribution is -2.23. The van der Waals surface area contributed by atoms with Gasteiger partial charge in [-0.25, -0.2) is 0 Å². The summed E-state index contributed by atoms with van der Waals surface area (Å²) < 4.78 is 0. The molecule has 24 heavy (non-hydrogen) atoms. The van der Waals surface area contributed by atoms with Crippen LogP contribution in [0, 0.1) is 5.92 Å². The standard InChI is InChI=1S/C18H40N2OS3/c1-22-13-11-19-9-6-4-5-7-17(15-18(21)16-24-3)8-10-20-12-14-23-2/h17-21H,4-16H2,1-3H3. The van der Waals surface area contributed by atoms with Crippen LogP contribution in [-0.4, -0.2) is 73.4 Å². The Hall–Kier alpha value is 0.930. The number of hydrogen-bond donors (Lipinski definition) is 3. The Morgan fingerprint density at radius 3 is 2.04 bits per heavy atom. The molecule has 0 bridgehead atoms. The first-order valence-corrected chi connectivity index (χ1v) is 13.5. The van der Waals surface area contributed by atoms with Gasteiger partial charge in [0.05, 0.1) is 6.10 Å². The largest absolute Gasteiger partial charge is 0.392 e. The van der Waals surface area contributed by atoms with Crippen LogP contribution in [0.3, 0.4) is 0 Å². The molecule has 0 radical (unpaired) electrons. The summed E-state index contributed by atoms with van der Waals surface area (Å²) in [5.74, 6) is 3.93. The molecule has 146 valence electrons. The third kappa shape index (κ3) is 17.7. The molecule has 0 saturated carbocycles. The lowest BCUT2D eigenvalue weighted by Gasteiger charge is -2.20. The maximum absolute atomic E-state index is 10.1. The van der Waals surface area contributed by atoms with Crippen molar-refractivity contribution in [2.75, 3.05) is 62.2 Å². The topological polar surface area (TPSA) is 44.3 Å². The van der Waals surface area contributed by atoms with Crippen LogP contribution in [0.25, 0.3) is 0 Å². The van der Waals surface area contributed by atoms with Gasteiger partial charge in [-0.15, -0.1) is 0 Å². The van der Waals surface area contributed by atoms with Crippen molar-refractivity contribution in [2.45, 2.75) is 44.6 Å². The molecule has 0 aromatic rings. The summed E-state index contributed by atoms with van der Waals surface area (Å²) in [5.41, 5.74) is 0. The minimum Gasteiger partial charge on any atom is -0.392 e. The normalized spacial score (nSPS) is 14.0. The van der Waals surface area contributed by atoms with Crippen molar-refractivity contribution in [1.82, 2.24) is 10.6 Å². The van der Waals surface area contributed by atoms with E-state index in [0.717, 1.165) is 38.4 Å². The third-order valence-electron chi connectivity index (χ3n) is 4.13. The first-order valence-electron chi connectivity index (χ1n) is 9.30. The number of hydrogen-bond acceptors (Lipinski definition) is 6. The van der Waals surface area contributed by atoms with Crippen LogP contribution in [0.5, 0.6) is 0 Å². The van der Waals surface area contributed by atoms with E-state index in [9.17, 15) is 5.11 Å². The summed E-state index contributed by atoms with van der Waals surface area (Å²) in [6, 6.07) is 0. The van der Waals surface area contributed by atoms with E-state index >= 15 is 0 Å². The molecule has 0 aromatic carbocycles. The summed E-state index contributed by atoms with van der Waals surface area (Å²) in [4.78, 5) is 0.